The number of carbonyl (C=O) groups is 3. The van der Waals surface area contributed by atoms with Crippen LogP contribution in [0.25, 0.3) is 0 Å². The van der Waals surface area contributed by atoms with E-state index in [-0.39, 0.29) is 30.7 Å². The summed E-state index contributed by atoms with van der Waals surface area (Å²) in [7, 11) is 0. The Morgan fingerprint density at radius 1 is 1.00 bits per heavy atom. The molecule has 0 aromatic heterocycles. The van der Waals surface area contributed by atoms with Gasteiger partial charge in [0.05, 0.1) is 13.0 Å². The monoisotopic (exact) mass is 406 g/mol. The van der Waals surface area contributed by atoms with Crippen LogP contribution in [0.3, 0.4) is 0 Å². The molecular weight excluding hydrogens is 380 g/mol. The number of hydrogen-bond donors (Lipinski definition) is 2. The normalized spacial score (nSPS) is 19.0. The van der Waals surface area contributed by atoms with Crippen LogP contribution in [-0.2, 0) is 27.3 Å². The van der Waals surface area contributed by atoms with Gasteiger partial charge in [0, 0.05) is 31.9 Å². The molecule has 2 aliphatic rings. The summed E-state index contributed by atoms with van der Waals surface area (Å²) in [6, 6.07) is 16.6. The van der Waals surface area contributed by atoms with Crippen molar-refractivity contribution < 1.29 is 14.4 Å². The number of anilines is 1. The number of hydrogen-bond acceptors (Lipinski definition) is 4. The molecular formula is C23H26N4O3. The summed E-state index contributed by atoms with van der Waals surface area (Å²) in [6.07, 6.45) is 0.849. The van der Waals surface area contributed by atoms with E-state index < -0.39 is 6.04 Å². The number of carbonyl (C=O) groups excluding carboxylic acids is 3. The Morgan fingerprint density at radius 3 is 2.53 bits per heavy atom. The molecule has 1 saturated heterocycles. The number of nitrogens with zero attached hydrogens (tertiary/aromatic N) is 2. The molecule has 7 heteroatoms. The maximum Gasteiger partial charge on any atom is 0.243 e. The topological polar surface area (TPSA) is 81.8 Å². The van der Waals surface area contributed by atoms with E-state index in [0.717, 1.165) is 19.5 Å². The van der Waals surface area contributed by atoms with Crippen LogP contribution in [-0.4, -0.2) is 59.7 Å². The van der Waals surface area contributed by atoms with E-state index in [1.54, 1.807) is 17.0 Å². The Bertz CT molecular complexity index is 931. The van der Waals surface area contributed by atoms with Crippen molar-refractivity contribution in [1.82, 2.24) is 15.1 Å². The molecule has 7 nitrogen and oxygen atoms in total. The molecule has 0 spiro atoms. The summed E-state index contributed by atoms with van der Waals surface area (Å²) >= 11 is 0. The van der Waals surface area contributed by atoms with Gasteiger partial charge in [0.2, 0.25) is 17.7 Å². The molecule has 30 heavy (non-hydrogen) atoms. The summed E-state index contributed by atoms with van der Waals surface area (Å²) in [4.78, 5) is 41.7. The van der Waals surface area contributed by atoms with E-state index >= 15 is 0 Å². The van der Waals surface area contributed by atoms with Gasteiger partial charge in [-0.25, -0.2) is 0 Å². The first-order chi connectivity index (χ1) is 14.6. The molecule has 3 amide bonds. The zero-order valence-electron chi connectivity index (χ0n) is 16.8. The summed E-state index contributed by atoms with van der Waals surface area (Å²) in [5, 5.41) is 5.57. The van der Waals surface area contributed by atoms with E-state index in [0.29, 0.717) is 18.8 Å². The Labute approximate surface area is 176 Å². The second-order valence-corrected chi connectivity index (χ2v) is 7.74. The molecule has 2 aliphatic heterocycles. The lowest BCUT2D eigenvalue weighted by Gasteiger charge is -2.37. The Hall–Kier alpha value is -3.19. The van der Waals surface area contributed by atoms with Crippen LogP contribution in [0.15, 0.2) is 54.6 Å². The first kappa shape index (κ1) is 20.1. The fourth-order valence-electron chi connectivity index (χ4n) is 4.10. The molecule has 2 aromatic rings. The fourth-order valence-corrected chi connectivity index (χ4v) is 4.10. The first-order valence-electron chi connectivity index (χ1n) is 10.3. The van der Waals surface area contributed by atoms with Crippen molar-refractivity contribution in [2.24, 2.45) is 0 Å². The van der Waals surface area contributed by atoms with E-state index in [4.69, 9.17) is 0 Å². The van der Waals surface area contributed by atoms with Crippen molar-refractivity contribution in [1.29, 1.82) is 0 Å². The maximum absolute atomic E-state index is 13.0. The third kappa shape index (κ3) is 4.68. The van der Waals surface area contributed by atoms with Gasteiger partial charge in [0.25, 0.3) is 0 Å². The predicted molar refractivity (Wildman–Crippen MR) is 114 cm³/mol. The van der Waals surface area contributed by atoms with Crippen molar-refractivity contribution in [2.45, 2.75) is 25.4 Å². The van der Waals surface area contributed by atoms with E-state index in [1.807, 2.05) is 30.3 Å². The van der Waals surface area contributed by atoms with Crippen molar-refractivity contribution in [3.05, 3.63) is 65.7 Å². The molecule has 2 aromatic carbocycles. The molecule has 0 radical (unpaired) electrons. The highest BCUT2D eigenvalue weighted by atomic mass is 16.2. The summed E-state index contributed by atoms with van der Waals surface area (Å²) in [5.74, 6) is -0.670. The van der Waals surface area contributed by atoms with Gasteiger partial charge in [0.1, 0.15) is 6.04 Å². The standard InChI is InChI=1S/C23H26N4O3/c28-21(25-19-8-2-1-3-9-19)14-20-23(30)24-11-13-27(20)22(29)16-26-12-10-17-6-4-5-7-18(17)15-26/h1-9,20H,10-16H2,(H,24,30)(H,25,28)/t20-/m1/s1. The number of para-hydroxylation sites is 1. The quantitative estimate of drug-likeness (QED) is 0.787. The number of fused-ring (bicyclic) bond motifs is 1. The number of nitrogens with one attached hydrogen (secondary N) is 2. The van der Waals surface area contributed by atoms with Crippen molar-refractivity contribution in [3.63, 3.8) is 0 Å². The zero-order valence-corrected chi connectivity index (χ0v) is 16.8. The van der Waals surface area contributed by atoms with Gasteiger partial charge in [-0.05, 0) is 29.7 Å². The van der Waals surface area contributed by atoms with Gasteiger partial charge in [-0.2, -0.15) is 0 Å². The number of rotatable bonds is 5. The highest BCUT2D eigenvalue weighted by Gasteiger charge is 2.35. The molecule has 1 fully saturated rings. The van der Waals surface area contributed by atoms with Crippen LogP contribution >= 0.6 is 0 Å². The number of benzene rings is 2. The molecule has 0 aliphatic carbocycles. The molecule has 2 N–H and O–H groups in total. The first-order valence-corrected chi connectivity index (χ1v) is 10.3. The Kier molecular flexibility index (Phi) is 6.09. The zero-order chi connectivity index (χ0) is 20.9. The van der Waals surface area contributed by atoms with Gasteiger partial charge in [-0.1, -0.05) is 42.5 Å². The third-order valence-electron chi connectivity index (χ3n) is 5.66. The van der Waals surface area contributed by atoms with Crippen LogP contribution in [0.1, 0.15) is 17.5 Å². The van der Waals surface area contributed by atoms with Crippen LogP contribution in [0.4, 0.5) is 5.69 Å². The predicted octanol–water partition coefficient (Wildman–Crippen LogP) is 1.40. The minimum atomic E-state index is -0.785. The third-order valence-corrected chi connectivity index (χ3v) is 5.66. The second-order valence-electron chi connectivity index (χ2n) is 7.74. The van der Waals surface area contributed by atoms with E-state index in [2.05, 4.69) is 27.7 Å². The second kappa shape index (κ2) is 9.09. The van der Waals surface area contributed by atoms with Crippen LogP contribution in [0.5, 0.6) is 0 Å². The van der Waals surface area contributed by atoms with Gasteiger partial charge in [0.15, 0.2) is 0 Å². The van der Waals surface area contributed by atoms with Crippen LogP contribution in [0, 0.1) is 0 Å². The number of piperazine rings is 1. The van der Waals surface area contributed by atoms with E-state index in [1.165, 1.54) is 11.1 Å². The van der Waals surface area contributed by atoms with Crippen molar-refractivity contribution in [3.8, 4) is 0 Å². The van der Waals surface area contributed by atoms with Gasteiger partial charge in [-0.3, -0.25) is 19.3 Å². The average molecular weight is 406 g/mol. The molecule has 4 rings (SSSR count). The van der Waals surface area contributed by atoms with E-state index in [9.17, 15) is 14.4 Å². The molecule has 1 atom stereocenters. The molecule has 2 heterocycles. The van der Waals surface area contributed by atoms with Gasteiger partial charge >= 0.3 is 0 Å². The van der Waals surface area contributed by atoms with Gasteiger partial charge < -0.3 is 15.5 Å². The van der Waals surface area contributed by atoms with Crippen LogP contribution < -0.4 is 10.6 Å². The highest BCUT2D eigenvalue weighted by molar-refractivity contribution is 5.97. The summed E-state index contributed by atoms with van der Waals surface area (Å²) in [5.41, 5.74) is 3.24. The molecule has 0 unspecified atom stereocenters. The highest BCUT2D eigenvalue weighted by Crippen LogP contribution is 2.19. The minimum Gasteiger partial charge on any atom is -0.353 e. The lowest BCUT2D eigenvalue weighted by Crippen LogP contribution is -2.59. The molecule has 0 saturated carbocycles. The molecule has 156 valence electrons. The van der Waals surface area contributed by atoms with Crippen LogP contribution in [0.2, 0.25) is 0 Å². The smallest absolute Gasteiger partial charge is 0.243 e. The maximum atomic E-state index is 13.0. The number of amides is 3. The SMILES string of the molecule is O=C(C[C@@H]1C(=O)NCCN1C(=O)CN1CCc2ccccc2C1)Nc1ccccc1. The summed E-state index contributed by atoms with van der Waals surface area (Å²) < 4.78 is 0. The minimum absolute atomic E-state index is 0.0602. The van der Waals surface area contributed by atoms with Crippen molar-refractivity contribution >= 4 is 23.4 Å². The summed E-state index contributed by atoms with van der Waals surface area (Å²) in [6.45, 7) is 2.60. The Morgan fingerprint density at radius 2 is 1.73 bits per heavy atom. The lowest BCUT2D eigenvalue weighted by molar-refractivity contribution is -0.145. The Balaban J connectivity index is 1.39. The van der Waals surface area contributed by atoms with Crippen molar-refractivity contribution in [2.75, 3.05) is 31.5 Å². The molecule has 0 bridgehead atoms. The lowest BCUT2D eigenvalue weighted by atomic mass is 10.00. The average Bonchev–Trinajstić information content (AvgIpc) is 2.75. The fraction of sp³-hybridized carbons (Fsp3) is 0.348. The largest absolute Gasteiger partial charge is 0.353 e. The van der Waals surface area contributed by atoms with Gasteiger partial charge in [-0.15, -0.1) is 0 Å².